The lowest BCUT2D eigenvalue weighted by molar-refractivity contribution is -0.137. The maximum absolute atomic E-state index is 12.9. The van der Waals surface area contributed by atoms with E-state index < -0.39 is 11.7 Å². The molecule has 0 aliphatic rings. The Bertz CT molecular complexity index is 1020. The van der Waals surface area contributed by atoms with Crippen LogP contribution in [0.4, 0.5) is 13.2 Å². The average Bonchev–Trinajstić information content (AvgIpc) is 2.64. The number of alkyl halides is 3. The van der Waals surface area contributed by atoms with Crippen molar-refractivity contribution in [2.24, 2.45) is 10.7 Å². The van der Waals surface area contributed by atoms with Crippen LogP contribution < -0.4 is 5.73 Å². The summed E-state index contributed by atoms with van der Waals surface area (Å²) >= 11 is 12.1. The van der Waals surface area contributed by atoms with E-state index in [2.05, 4.69) is 4.99 Å². The molecule has 4 nitrogen and oxygen atoms in total. The van der Waals surface area contributed by atoms with Crippen molar-refractivity contribution in [3.8, 4) is 12.1 Å². The summed E-state index contributed by atoms with van der Waals surface area (Å²) in [5, 5.41) is 17.5. The zero-order valence-electron chi connectivity index (χ0n) is 14.1. The normalized spacial score (nSPS) is 12.4. The number of benzene rings is 2. The minimum Gasteiger partial charge on any atom is -0.388 e. The molecule has 0 bridgehead atoms. The molecular weight excluding hydrogens is 412 g/mol. The van der Waals surface area contributed by atoms with E-state index in [1.807, 2.05) is 0 Å². The van der Waals surface area contributed by atoms with E-state index in [-0.39, 0.29) is 27.9 Å². The van der Waals surface area contributed by atoms with Crippen LogP contribution in [0.1, 0.15) is 22.3 Å². The Hall–Kier alpha value is -3.00. The van der Waals surface area contributed by atoms with Crippen LogP contribution in [0.2, 0.25) is 10.0 Å². The van der Waals surface area contributed by atoms with Gasteiger partial charge in [0.2, 0.25) is 0 Å². The molecule has 9 heteroatoms. The second-order valence-corrected chi connectivity index (χ2v) is 6.35. The lowest BCUT2D eigenvalue weighted by atomic mass is 9.99. The lowest BCUT2D eigenvalue weighted by Gasteiger charge is -2.13. The fraction of sp³-hybridized carbons (Fsp3) is 0.105. The number of aliphatic imine (C=N–C) groups is 1. The van der Waals surface area contributed by atoms with Crippen LogP contribution in [-0.4, -0.2) is 6.21 Å². The molecule has 142 valence electrons. The Morgan fingerprint density at radius 1 is 1.11 bits per heavy atom. The number of halogens is 5. The molecule has 0 radical (unpaired) electrons. The number of nitriles is 2. The van der Waals surface area contributed by atoms with Crippen molar-refractivity contribution in [2.45, 2.75) is 12.6 Å². The third-order valence-electron chi connectivity index (χ3n) is 3.70. The first-order valence-electron chi connectivity index (χ1n) is 7.64. The Labute approximate surface area is 168 Å². The van der Waals surface area contributed by atoms with Gasteiger partial charge in [-0.25, -0.2) is 4.99 Å². The number of nitrogens with zero attached hydrogens (tertiary/aromatic N) is 3. The summed E-state index contributed by atoms with van der Waals surface area (Å²) in [6.07, 6.45) is -3.08. The van der Waals surface area contributed by atoms with Crippen LogP contribution in [0.3, 0.4) is 0 Å². The fourth-order valence-corrected chi connectivity index (χ4v) is 2.91. The second-order valence-electron chi connectivity index (χ2n) is 5.54. The molecule has 0 unspecified atom stereocenters. The first-order chi connectivity index (χ1) is 13.2. The van der Waals surface area contributed by atoms with Crippen LogP contribution >= 0.6 is 23.2 Å². The maximum Gasteiger partial charge on any atom is 0.416 e. The van der Waals surface area contributed by atoms with Gasteiger partial charge in [0, 0.05) is 22.7 Å². The summed E-state index contributed by atoms with van der Waals surface area (Å²) < 4.78 is 38.6. The van der Waals surface area contributed by atoms with Gasteiger partial charge in [0.25, 0.3) is 0 Å². The van der Waals surface area contributed by atoms with Crippen molar-refractivity contribution in [2.75, 3.05) is 0 Å². The van der Waals surface area contributed by atoms with Crippen molar-refractivity contribution in [3.63, 3.8) is 0 Å². The highest BCUT2D eigenvalue weighted by atomic mass is 35.5. The molecular formula is C19H11Cl2F3N4. The minimum absolute atomic E-state index is 0.113. The van der Waals surface area contributed by atoms with E-state index in [9.17, 15) is 13.2 Å². The SMILES string of the molecule is N#C/C(N)=C(C#N)\N=C/c1ccccc1Cc1c(Cl)cc(C(F)(F)F)cc1Cl. The maximum atomic E-state index is 12.9. The fourth-order valence-electron chi connectivity index (χ4n) is 2.29. The van der Waals surface area contributed by atoms with E-state index >= 15 is 0 Å². The van der Waals surface area contributed by atoms with Gasteiger partial charge in [0.15, 0.2) is 5.70 Å². The third kappa shape index (κ3) is 5.04. The molecule has 0 aliphatic heterocycles. The molecule has 2 aromatic carbocycles. The number of nitrogens with two attached hydrogens (primary N) is 1. The Morgan fingerprint density at radius 3 is 2.25 bits per heavy atom. The summed E-state index contributed by atoms with van der Waals surface area (Å²) in [6.45, 7) is 0. The molecule has 0 spiro atoms. The van der Waals surface area contributed by atoms with Crippen molar-refractivity contribution in [3.05, 3.63) is 80.1 Å². The molecule has 0 aromatic heterocycles. The van der Waals surface area contributed by atoms with Crippen LogP contribution in [0.25, 0.3) is 0 Å². The molecule has 2 N–H and O–H groups in total. The van der Waals surface area contributed by atoms with Crippen LogP contribution in [0.15, 0.2) is 52.8 Å². The zero-order valence-corrected chi connectivity index (χ0v) is 15.6. The molecule has 2 rings (SSSR count). The van der Waals surface area contributed by atoms with E-state index in [1.54, 1.807) is 36.4 Å². The molecule has 0 saturated heterocycles. The summed E-state index contributed by atoms with van der Waals surface area (Å²) in [7, 11) is 0. The number of hydrogen-bond acceptors (Lipinski definition) is 4. The van der Waals surface area contributed by atoms with Crippen molar-refractivity contribution < 1.29 is 13.2 Å². The lowest BCUT2D eigenvalue weighted by Crippen LogP contribution is -2.06. The average molecular weight is 423 g/mol. The van der Waals surface area contributed by atoms with Gasteiger partial charge >= 0.3 is 6.18 Å². The van der Waals surface area contributed by atoms with Crippen LogP contribution in [0, 0.1) is 22.7 Å². The van der Waals surface area contributed by atoms with Crippen LogP contribution in [0.5, 0.6) is 0 Å². The van der Waals surface area contributed by atoms with E-state index in [1.165, 1.54) is 6.21 Å². The van der Waals surface area contributed by atoms with Gasteiger partial charge in [-0.3, -0.25) is 0 Å². The minimum atomic E-state index is -4.56. The second kappa shape index (κ2) is 8.79. The van der Waals surface area contributed by atoms with Gasteiger partial charge in [0.05, 0.1) is 5.56 Å². The van der Waals surface area contributed by atoms with Gasteiger partial charge in [0.1, 0.15) is 17.8 Å². The Balaban J connectivity index is 2.43. The Kier molecular flexibility index (Phi) is 6.69. The molecule has 0 fully saturated rings. The van der Waals surface area contributed by atoms with Gasteiger partial charge in [-0.1, -0.05) is 47.5 Å². The molecule has 0 atom stereocenters. The molecule has 0 aliphatic carbocycles. The van der Waals surface area contributed by atoms with Gasteiger partial charge < -0.3 is 5.73 Å². The molecule has 0 saturated carbocycles. The molecule has 2 aromatic rings. The molecule has 28 heavy (non-hydrogen) atoms. The topological polar surface area (TPSA) is 86.0 Å². The summed E-state index contributed by atoms with van der Waals surface area (Å²) in [4.78, 5) is 3.91. The third-order valence-corrected chi connectivity index (χ3v) is 4.38. The first-order valence-corrected chi connectivity index (χ1v) is 8.40. The van der Waals surface area contributed by atoms with Crippen molar-refractivity contribution >= 4 is 29.4 Å². The number of allylic oxidation sites excluding steroid dienone is 2. The van der Waals surface area contributed by atoms with Crippen molar-refractivity contribution in [1.82, 2.24) is 0 Å². The number of rotatable bonds is 4. The van der Waals surface area contributed by atoms with E-state index in [4.69, 9.17) is 39.5 Å². The highest BCUT2D eigenvalue weighted by Gasteiger charge is 2.32. The summed E-state index contributed by atoms with van der Waals surface area (Å²) in [6, 6.07) is 11.8. The summed E-state index contributed by atoms with van der Waals surface area (Å²) in [5.74, 6) is 0. The predicted octanol–water partition coefficient (Wildman–Crippen LogP) is 5.24. The smallest absolute Gasteiger partial charge is 0.388 e. The monoisotopic (exact) mass is 422 g/mol. The largest absolute Gasteiger partial charge is 0.416 e. The molecule has 0 heterocycles. The van der Waals surface area contributed by atoms with Gasteiger partial charge in [-0.05, 0) is 28.8 Å². The van der Waals surface area contributed by atoms with Gasteiger partial charge in [-0.15, -0.1) is 0 Å². The highest BCUT2D eigenvalue weighted by Crippen LogP contribution is 2.36. The first kappa shape index (κ1) is 21.3. The van der Waals surface area contributed by atoms with Crippen molar-refractivity contribution in [1.29, 1.82) is 10.5 Å². The van der Waals surface area contributed by atoms with E-state index in [0.717, 1.165) is 12.1 Å². The quantitative estimate of drug-likeness (QED) is 0.539. The van der Waals surface area contributed by atoms with Gasteiger partial charge in [-0.2, -0.15) is 23.7 Å². The molecule has 0 amide bonds. The summed E-state index contributed by atoms with van der Waals surface area (Å²) in [5.41, 5.74) is 5.43. The zero-order chi connectivity index (χ0) is 20.9. The Morgan fingerprint density at radius 2 is 1.71 bits per heavy atom. The van der Waals surface area contributed by atoms with Crippen LogP contribution in [-0.2, 0) is 12.6 Å². The highest BCUT2D eigenvalue weighted by molar-refractivity contribution is 6.36. The van der Waals surface area contributed by atoms with E-state index in [0.29, 0.717) is 16.7 Å². The number of hydrogen-bond donors (Lipinski definition) is 1. The predicted molar refractivity (Wildman–Crippen MR) is 101 cm³/mol. The standard InChI is InChI=1S/C19H11Cl2F3N4/c20-15-6-13(19(22,23)24)7-16(21)14(15)5-11-3-1-2-4-12(11)10-28-18(9-26)17(27)8-25/h1-4,6-7,10H,5,27H2/b18-17+,28-10-.